The van der Waals surface area contributed by atoms with Crippen molar-refractivity contribution in [2.45, 2.75) is 13.3 Å². The number of ketones is 1. The number of ether oxygens (including phenoxy) is 3. The molecular weight excluding hydrogens is 514 g/mol. The molecule has 0 bridgehead atoms. The van der Waals surface area contributed by atoms with Crippen molar-refractivity contribution in [1.82, 2.24) is 0 Å². The van der Waals surface area contributed by atoms with E-state index in [2.05, 4.69) is 0 Å². The maximum absolute atomic E-state index is 12.6. The summed E-state index contributed by atoms with van der Waals surface area (Å²) in [6.45, 7) is 1.68. The summed E-state index contributed by atoms with van der Waals surface area (Å²) >= 11 is 0. The van der Waals surface area contributed by atoms with Gasteiger partial charge >= 0.3 is 11.9 Å². The SMILES string of the molecule is Cc1ccc(Oc2ccc(N3C[C@@H](C(=O)OCC(=O)c4ccc(OC(=O)c5ccco5)cc4)CC3=O)cc2)cc1. The largest absolute Gasteiger partial charge is 0.457 e. The van der Waals surface area contributed by atoms with Crippen molar-refractivity contribution >= 4 is 29.3 Å². The Morgan fingerprint density at radius 1 is 0.875 bits per heavy atom. The van der Waals surface area contributed by atoms with Gasteiger partial charge in [-0.05, 0) is 79.7 Å². The van der Waals surface area contributed by atoms with Crippen molar-refractivity contribution in [2.24, 2.45) is 5.92 Å². The van der Waals surface area contributed by atoms with Gasteiger partial charge in [-0.15, -0.1) is 0 Å². The van der Waals surface area contributed by atoms with Gasteiger partial charge in [0.2, 0.25) is 11.7 Å². The predicted molar refractivity (Wildman–Crippen MR) is 144 cm³/mol. The molecule has 1 aliphatic heterocycles. The summed E-state index contributed by atoms with van der Waals surface area (Å²) in [5, 5.41) is 0. The number of furan rings is 1. The molecule has 1 atom stereocenters. The van der Waals surface area contributed by atoms with Crippen molar-refractivity contribution in [2.75, 3.05) is 18.1 Å². The third-order valence-electron chi connectivity index (χ3n) is 6.32. The molecule has 1 aliphatic rings. The lowest BCUT2D eigenvalue weighted by Crippen LogP contribution is -2.27. The van der Waals surface area contributed by atoms with E-state index in [1.165, 1.54) is 41.5 Å². The van der Waals surface area contributed by atoms with E-state index in [4.69, 9.17) is 18.6 Å². The summed E-state index contributed by atoms with van der Waals surface area (Å²) in [6.07, 6.45) is 1.35. The molecule has 0 radical (unpaired) electrons. The average molecular weight is 540 g/mol. The van der Waals surface area contributed by atoms with Crippen molar-refractivity contribution < 1.29 is 37.8 Å². The summed E-state index contributed by atoms with van der Waals surface area (Å²) in [4.78, 5) is 51.2. The highest BCUT2D eigenvalue weighted by molar-refractivity contribution is 6.01. The second kappa shape index (κ2) is 11.7. The normalized spacial score (nSPS) is 14.6. The number of esters is 2. The van der Waals surface area contributed by atoms with Crippen LogP contribution in [0.5, 0.6) is 17.2 Å². The molecule has 0 saturated carbocycles. The van der Waals surface area contributed by atoms with Crippen LogP contribution in [-0.4, -0.2) is 36.8 Å². The molecule has 0 N–H and O–H groups in total. The molecule has 1 fully saturated rings. The molecule has 5 rings (SSSR count). The van der Waals surface area contributed by atoms with Gasteiger partial charge in [-0.25, -0.2) is 4.79 Å². The van der Waals surface area contributed by atoms with Gasteiger partial charge in [0.15, 0.2) is 12.4 Å². The van der Waals surface area contributed by atoms with E-state index in [1.54, 1.807) is 30.3 Å². The third kappa shape index (κ3) is 6.27. The van der Waals surface area contributed by atoms with Crippen LogP contribution in [0.25, 0.3) is 0 Å². The van der Waals surface area contributed by atoms with E-state index in [-0.39, 0.29) is 35.9 Å². The Balaban J connectivity index is 1.11. The lowest BCUT2D eigenvalue weighted by atomic mass is 10.1. The second-order valence-electron chi connectivity index (χ2n) is 9.24. The number of amides is 1. The fraction of sp³-hybridized carbons (Fsp3) is 0.161. The Morgan fingerprint density at radius 2 is 1.52 bits per heavy atom. The summed E-state index contributed by atoms with van der Waals surface area (Å²) < 4.78 is 21.2. The molecule has 9 heteroatoms. The predicted octanol–water partition coefficient (Wildman–Crippen LogP) is 5.38. The molecule has 9 nitrogen and oxygen atoms in total. The Kier molecular flexibility index (Phi) is 7.72. The lowest BCUT2D eigenvalue weighted by molar-refractivity contribution is -0.147. The number of aryl methyl sites for hydroxylation is 1. The summed E-state index contributed by atoms with van der Waals surface area (Å²) in [5.74, 6) is -0.989. The Hall–Kier alpha value is -5.18. The van der Waals surface area contributed by atoms with Crippen LogP contribution in [0.15, 0.2) is 95.6 Å². The highest BCUT2D eigenvalue weighted by Crippen LogP contribution is 2.29. The Bertz CT molecular complexity index is 1510. The van der Waals surface area contributed by atoms with Crippen LogP contribution in [0.3, 0.4) is 0 Å². The highest BCUT2D eigenvalue weighted by Gasteiger charge is 2.36. The number of rotatable bonds is 9. The van der Waals surface area contributed by atoms with E-state index in [1.807, 2.05) is 31.2 Å². The van der Waals surface area contributed by atoms with Gasteiger partial charge in [-0.3, -0.25) is 14.4 Å². The second-order valence-corrected chi connectivity index (χ2v) is 9.24. The first kappa shape index (κ1) is 26.4. The summed E-state index contributed by atoms with van der Waals surface area (Å²) in [7, 11) is 0. The van der Waals surface area contributed by atoms with Crippen LogP contribution in [0.2, 0.25) is 0 Å². The van der Waals surface area contributed by atoms with Crippen LogP contribution in [0, 0.1) is 12.8 Å². The molecule has 0 unspecified atom stereocenters. The number of nitrogens with zero attached hydrogens (tertiary/aromatic N) is 1. The van der Waals surface area contributed by atoms with Gasteiger partial charge in [-0.1, -0.05) is 17.7 Å². The standard InChI is InChI=1S/C31H25NO8/c1-20-4-10-24(11-5-20)39-25-14-8-23(9-15-25)32-18-22(17-29(32)34)30(35)38-19-27(33)21-6-12-26(13-7-21)40-31(36)28-3-2-16-37-28/h2-16,22H,17-19H2,1H3/t22-/m0/s1. The maximum atomic E-state index is 12.6. The van der Waals surface area contributed by atoms with Crippen LogP contribution >= 0.6 is 0 Å². The monoisotopic (exact) mass is 539 g/mol. The lowest BCUT2D eigenvalue weighted by Gasteiger charge is -2.17. The quantitative estimate of drug-likeness (QED) is 0.158. The molecule has 0 spiro atoms. The topological polar surface area (TPSA) is 112 Å². The number of benzene rings is 3. The zero-order valence-electron chi connectivity index (χ0n) is 21.6. The minimum atomic E-state index is -0.688. The van der Waals surface area contributed by atoms with Gasteiger partial charge < -0.3 is 23.5 Å². The molecule has 1 amide bonds. The molecule has 202 valence electrons. The van der Waals surface area contributed by atoms with E-state index in [0.29, 0.717) is 17.2 Å². The smallest absolute Gasteiger partial charge is 0.379 e. The first-order chi connectivity index (χ1) is 19.4. The van der Waals surface area contributed by atoms with Crippen molar-refractivity contribution in [3.05, 3.63) is 108 Å². The van der Waals surface area contributed by atoms with E-state index >= 15 is 0 Å². The fourth-order valence-corrected chi connectivity index (χ4v) is 4.15. The van der Waals surface area contributed by atoms with Gasteiger partial charge in [0.05, 0.1) is 12.2 Å². The molecule has 40 heavy (non-hydrogen) atoms. The van der Waals surface area contributed by atoms with Crippen LogP contribution in [0.1, 0.15) is 32.9 Å². The molecule has 1 saturated heterocycles. The zero-order chi connectivity index (χ0) is 28.1. The molecule has 3 aromatic carbocycles. The van der Waals surface area contributed by atoms with Crippen molar-refractivity contribution in [3.8, 4) is 17.2 Å². The number of anilines is 1. The maximum Gasteiger partial charge on any atom is 0.379 e. The summed E-state index contributed by atoms with van der Waals surface area (Å²) in [6, 6.07) is 23.6. The fourth-order valence-electron chi connectivity index (χ4n) is 4.15. The third-order valence-corrected chi connectivity index (χ3v) is 6.32. The molecule has 1 aromatic heterocycles. The number of carbonyl (C=O) groups excluding carboxylic acids is 4. The Labute approximate surface area is 229 Å². The number of Topliss-reactive ketones (excluding diaryl/α,β-unsaturated/α-hetero) is 1. The number of hydrogen-bond acceptors (Lipinski definition) is 8. The van der Waals surface area contributed by atoms with Gasteiger partial charge in [-0.2, -0.15) is 0 Å². The van der Waals surface area contributed by atoms with Gasteiger partial charge in [0.25, 0.3) is 0 Å². The van der Waals surface area contributed by atoms with Crippen molar-refractivity contribution in [1.29, 1.82) is 0 Å². The molecule has 4 aromatic rings. The highest BCUT2D eigenvalue weighted by atomic mass is 16.5. The average Bonchev–Trinajstić information content (AvgIpc) is 3.64. The zero-order valence-corrected chi connectivity index (χ0v) is 21.6. The number of hydrogen-bond donors (Lipinski definition) is 0. The number of carbonyl (C=O) groups is 4. The van der Waals surface area contributed by atoms with Crippen LogP contribution < -0.4 is 14.4 Å². The van der Waals surface area contributed by atoms with Gasteiger partial charge in [0, 0.05) is 24.2 Å². The van der Waals surface area contributed by atoms with Crippen LogP contribution in [-0.2, 0) is 14.3 Å². The van der Waals surface area contributed by atoms with E-state index in [0.717, 1.165) is 5.56 Å². The molecule has 0 aliphatic carbocycles. The van der Waals surface area contributed by atoms with E-state index in [9.17, 15) is 19.2 Å². The summed E-state index contributed by atoms with van der Waals surface area (Å²) in [5.41, 5.74) is 2.05. The Morgan fingerprint density at radius 3 is 2.17 bits per heavy atom. The minimum absolute atomic E-state index is 0.00955. The van der Waals surface area contributed by atoms with Gasteiger partial charge in [0.1, 0.15) is 17.2 Å². The molecule has 2 heterocycles. The minimum Gasteiger partial charge on any atom is -0.457 e. The first-order valence-corrected chi connectivity index (χ1v) is 12.6. The van der Waals surface area contributed by atoms with Crippen LogP contribution in [0.4, 0.5) is 5.69 Å². The first-order valence-electron chi connectivity index (χ1n) is 12.6. The van der Waals surface area contributed by atoms with E-state index < -0.39 is 30.2 Å². The molecular formula is C31H25NO8. The van der Waals surface area contributed by atoms with Crippen molar-refractivity contribution in [3.63, 3.8) is 0 Å².